The molecule has 0 saturated carbocycles. The second-order valence-corrected chi connectivity index (χ2v) is 4.91. The van der Waals surface area contributed by atoms with Crippen molar-refractivity contribution in [3.63, 3.8) is 0 Å². The van der Waals surface area contributed by atoms with E-state index in [1.807, 2.05) is 13.8 Å². The van der Waals surface area contributed by atoms with Gasteiger partial charge < -0.3 is 10.1 Å². The molecule has 1 aromatic carbocycles. The second kappa shape index (κ2) is 7.10. The first-order valence-electron chi connectivity index (χ1n) is 6.50. The van der Waals surface area contributed by atoms with Gasteiger partial charge in [-0.3, -0.25) is 0 Å². The van der Waals surface area contributed by atoms with Crippen molar-refractivity contribution in [2.45, 2.75) is 38.6 Å². The number of nitrogens with one attached hydrogen (secondary N) is 1. The molecule has 104 valence electrons. The van der Waals surface area contributed by atoms with Crippen LogP contribution >= 0.6 is 0 Å². The summed E-state index contributed by atoms with van der Waals surface area (Å²) in [6.45, 7) is 4.29. The summed E-state index contributed by atoms with van der Waals surface area (Å²) in [7, 11) is 1.79. The number of halogens is 1. The van der Waals surface area contributed by atoms with Gasteiger partial charge in [0.1, 0.15) is 17.1 Å². The minimum atomic E-state index is -0.466. The molecule has 1 atom stereocenters. The van der Waals surface area contributed by atoms with Gasteiger partial charge in [-0.25, -0.2) is 4.39 Å². The van der Waals surface area contributed by atoms with Crippen LogP contribution in [0.2, 0.25) is 0 Å². The Morgan fingerprint density at radius 2 is 2.16 bits per heavy atom. The van der Waals surface area contributed by atoms with E-state index in [1.54, 1.807) is 13.1 Å². The molecule has 1 unspecified atom stereocenters. The zero-order chi connectivity index (χ0) is 14.3. The van der Waals surface area contributed by atoms with Gasteiger partial charge >= 0.3 is 0 Å². The molecule has 0 heterocycles. The van der Waals surface area contributed by atoms with E-state index < -0.39 is 5.54 Å². The van der Waals surface area contributed by atoms with Crippen molar-refractivity contribution < 1.29 is 9.13 Å². The first kappa shape index (κ1) is 15.5. The van der Waals surface area contributed by atoms with Gasteiger partial charge in [-0.1, -0.05) is 0 Å². The minimum Gasteiger partial charge on any atom is -0.493 e. The van der Waals surface area contributed by atoms with Crippen LogP contribution in [-0.4, -0.2) is 19.2 Å². The van der Waals surface area contributed by atoms with Crippen LogP contribution in [0, 0.1) is 24.1 Å². The molecule has 4 heteroatoms. The molecule has 0 spiro atoms. The Morgan fingerprint density at radius 3 is 2.74 bits per heavy atom. The number of benzene rings is 1. The third-order valence-electron chi connectivity index (χ3n) is 3.26. The fraction of sp³-hybridized carbons (Fsp3) is 0.533. The average Bonchev–Trinajstić information content (AvgIpc) is 2.40. The van der Waals surface area contributed by atoms with Crippen molar-refractivity contribution in [1.29, 1.82) is 5.26 Å². The van der Waals surface area contributed by atoms with E-state index in [4.69, 9.17) is 10.00 Å². The zero-order valence-corrected chi connectivity index (χ0v) is 11.8. The standard InChI is InChI=1S/C15H21FN2O/c1-12-10-13(16)6-7-14(12)19-9-5-4-8-15(2,11-17)18-3/h6-7,10,18H,4-5,8-9H2,1-3H3. The molecule has 0 radical (unpaired) electrons. The highest BCUT2D eigenvalue weighted by molar-refractivity contribution is 5.32. The quantitative estimate of drug-likeness (QED) is 0.769. The molecule has 0 aliphatic carbocycles. The SMILES string of the molecule is CNC(C)(C#N)CCCCOc1ccc(F)cc1C. The number of unbranched alkanes of at least 4 members (excludes halogenated alkanes) is 1. The Labute approximate surface area is 114 Å². The van der Waals surface area contributed by atoms with Crippen LogP contribution < -0.4 is 10.1 Å². The summed E-state index contributed by atoms with van der Waals surface area (Å²) in [5, 5.41) is 12.0. The third kappa shape index (κ3) is 4.88. The monoisotopic (exact) mass is 264 g/mol. The summed E-state index contributed by atoms with van der Waals surface area (Å²) in [5.74, 6) is 0.474. The molecule has 3 nitrogen and oxygen atoms in total. The largest absolute Gasteiger partial charge is 0.493 e. The van der Waals surface area contributed by atoms with Crippen LogP contribution in [0.25, 0.3) is 0 Å². The van der Waals surface area contributed by atoms with E-state index in [2.05, 4.69) is 11.4 Å². The molecule has 0 aliphatic heterocycles. The van der Waals surface area contributed by atoms with Crippen LogP contribution in [0.4, 0.5) is 4.39 Å². The van der Waals surface area contributed by atoms with Gasteiger partial charge in [0.2, 0.25) is 0 Å². The zero-order valence-electron chi connectivity index (χ0n) is 11.8. The van der Waals surface area contributed by atoms with E-state index >= 15 is 0 Å². The van der Waals surface area contributed by atoms with Crippen LogP contribution in [0.15, 0.2) is 18.2 Å². The van der Waals surface area contributed by atoms with Crippen molar-refractivity contribution >= 4 is 0 Å². The maximum absolute atomic E-state index is 12.9. The lowest BCUT2D eigenvalue weighted by Gasteiger charge is -2.20. The fourth-order valence-corrected chi connectivity index (χ4v) is 1.77. The van der Waals surface area contributed by atoms with E-state index in [1.165, 1.54) is 12.1 Å². The molecule has 19 heavy (non-hydrogen) atoms. The van der Waals surface area contributed by atoms with Gasteiger partial charge in [-0.2, -0.15) is 5.26 Å². The number of hydrogen-bond donors (Lipinski definition) is 1. The molecule has 0 saturated heterocycles. The topological polar surface area (TPSA) is 45.0 Å². The first-order valence-corrected chi connectivity index (χ1v) is 6.50. The molecular weight excluding hydrogens is 243 g/mol. The highest BCUT2D eigenvalue weighted by Gasteiger charge is 2.19. The van der Waals surface area contributed by atoms with Crippen molar-refractivity contribution in [2.24, 2.45) is 0 Å². The van der Waals surface area contributed by atoms with Gasteiger partial charge in [0.15, 0.2) is 0 Å². The number of rotatable bonds is 7. The summed E-state index contributed by atoms with van der Waals surface area (Å²) in [5.41, 5.74) is 0.336. The Morgan fingerprint density at radius 1 is 1.42 bits per heavy atom. The lowest BCUT2D eigenvalue weighted by Crippen LogP contribution is -2.37. The summed E-state index contributed by atoms with van der Waals surface area (Å²) in [4.78, 5) is 0. The number of nitrogens with zero attached hydrogens (tertiary/aromatic N) is 1. The Kier molecular flexibility index (Phi) is 5.78. The first-order chi connectivity index (χ1) is 9.00. The highest BCUT2D eigenvalue weighted by Crippen LogP contribution is 2.19. The van der Waals surface area contributed by atoms with Gasteiger partial charge in [0.05, 0.1) is 12.7 Å². The summed E-state index contributed by atoms with van der Waals surface area (Å²) >= 11 is 0. The molecule has 0 fully saturated rings. The van der Waals surface area contributed by atoms with Crippen molar-refractivity contribution in [3.05, 3.63) is 29.6 Å². The Balaban J connectivity index is 2.30. The van der Waals surface area contributed by atoms with Gasteiger partial charge in [0, 0.05) is 0 Å². The molecule has 1 N–H and O–H groups in total. The van der Waals surface area contributed by atoms with Gasteiger partial charge in [0.25, 0.3) is 0 Å². The van der Waals surface area contributed by atoms with Crippen molar-refractivity contribution in [3.8, 4) is 11.8 Å². The number of nitriles is 1. The summed E-state index contributed by atoms with van der Waals surface area (Å²) in [6.07, 6.45) is 2.56. The highest BCUT2D eigenvalue weighted by atomic mass is 19.1. The van der Waals surface area contributed by atoms with Crippen molar-refractivity contribution in [2.75, 3.05) is 13.7 Å². The number of hydrogen-bond acceptors (Lipinski definition) is 3. The summed E-state index contributed by atoms with van der Waals surface area (Å²) < 4.78 is 18.5. The van der Waals surface area contributed by atoms with E-state index in [-0.39, 0.29) is 5.82 Å². The minimum absolute atomic E-state index is 0.247. The van der Waals surface area contributed by atoms with E-state index in [9.17, 15) is 4.39 Å². The molecule has 1 aromatic rings. The summed E-state index contributed by atoms with van der Waals surface area (Å²) in [6, 6.07) is 6.77. The molecule has 0 bridgehead atoms. The smallest absolute Gasteiger partial charge is 0.123 e. The normalized spacial score (nSPS) is 13.6. The second-order valence-electron chi connectivity index (χ2n) is 4.91. The Bertz CT molecular complexity index is 456. The maximum Gasteiger partial charge on any atom is 0.123 e. The van der Waals surface area contributed by atoms with Crippen LogP contribution in [-0.2, 0) is 0 Å². The van der Waals surface area contributed by atoms with E-state index in [0.717, 1.165) is 30.6 Å². The van der Waals surface area contributed by atoms with Crippen LogP contribution in [0.1, 0.15) is 31.7 Å². The lowest BCUT2D eigenvalue weighted by molar-refractivity contribution is 0.295. The molecule has 0 aromatic heterocycles. The van der Waals surface area contributed by atoms with Gasteiger partial charge in [-0.15, -0.1) is 0 Å². The predicted molar refractivity (Wildman–Crippen MR) is 73.6 cm³/mol. The predicted octanol–water partition coefficient (Wildman–Crippen LogP) is 3.18. The molecule has 0 amide bonds. The number of ether oxygens (including phenoxy) is 1. The van der Waals surface area contributed by atoms with E-state index in [0.29, 0.717) is 6.61 Å². The fourth-order valence-electron chi connectivity index (χ4n) is 1.77. The van der Waals surface area contributed by atoms with Crippen LogP contribution in [0.3, 0.4) is 0 Å². The average molecular weight is 264 g/mol. The third-order valence-corrected chi connectivity index (χ3v) is 3.26. The molecule has 1 rings (SSSR count). The lowest BCUT2D eigenvalue weighted by atomic mass is 9.97. The van der Waals surface area contributed by atoms with Gasteiger partial charge in [-0.05, 0) is 63.9 Å². The van der Waals surface area contributed by atoms with Crippen LogP contribution in [0.5, 0.6) is 5.75 Å². The molecule has 0 aliphatic rings. The maximum atomic E-state index is 12.9. The van der Waals surface area contributed by atoms with Crippen molar-refractivity contribution in [1.82, 2.24) is 5.32 Å². The molecular formula is C15H21FN2O. The number of aryl methyl sites for hydroxylation is 1. The Hall–Kier alpha value is -1.60.